The highest BCUT2D eigenvalue weighted by Gasteiger charge is 2.11. The molecule has 2 rings (SSSR count). The number of halogens is 1. The molecule has 0 aliphatic rings. The second kappa shape index (κ2) is 7.41. The zero-order valence-electron chi connectivity index (χ0n) is 11.3. The number of thioether (sulfide) groups is 1. The molecule has 1 aromatic carbocycles. The third-order valence-electron chi connectivity index (χ3n) is 2.57. The summed E-state index contributed by atoms with van der Waals surface area (Å²) in [6.07, 6.45) is 1.39. The minimum atomic E-state index is -0.730. The van der Waals surface area contributed by atoms with E-state index in [9.17, 15) is 18.8 Å². The number of hydrazine groups is 1. The maximum Gasteiger partial charge on any atom is 0.275 e. The number of carbonyl (C=O) groups excluding carboxylic acids is 2. The van der Waals surface area contributed by atoms with Crippen LogP contribution in [0.2, 0.25) is 0 Å². The number of amides is 2. The summed E-state index contributed by atoms with van der Waals surface area (Å²) in [7, 11) is 0. The molecule has 1 aromatic heterocycles. The standard InChI is InChI=1S/C14H12FN3O3S/c15-10-5-1-2-6-11(10)22-8-12(19)17-18-14(21)9-4-3-7-16-13(9)20/h1-7H,8H2,(H,16,20)(H,17,19)(H,18,21). The van der Waals surface area contributed by atoms with Gasteiger partial charge in [0, 0.05) is 11.1 Å². The number of aromatic nitrogens is 1. The molecule has 0 unspecified atom stereocenters. The van der Waals surface area contributed by atoms with E-state index in [1.165, 1.54) is 24.4 Å². The van der Waals surface area contributed by atoms with E-state index >= 15 is 0 Å². The molecule has 0 spiro atoms. The van der Waals surface area contributed by atoms with Crippen molar-refractivity contribution in [3.63, 3.8) is 0 Å². The van der Waals surface area contributed by atoms with E-state index < -0.39 is 23.2 Å². The number of hydrogen-bond acceptors (Lipinski definition) is 4. The fraction of sp³-hybridized carbons (Fsp3) is 0.0714. The Morgan fingerprint density at radius 3 is 2.64 bits per heavy atom. The van der Waals surface area contributed by atoms with Gasteiger partial charge in [-0.05, 0) is 24.3 Å². The Kier molecular flexibility index (Phi) is 5.31. The lowest BCUT2D eigenvalue weighted by Crippen LogP contribution is -2.44. The number of aromatic amines is 1. The Morgan fingerprint density at radius 1 is 1.14 bits per heavy atom. The smallest absolute Gasteiger partial charge is 0.275 e. The molecule has 3 N–H and O–H groups in total. The highest BCUT2D eigenvalue weighted by atomic mass is 32.2. The Bertz CT molecular complexity index is 748. The summed E-state index contributed by atoms with van der Waals surface area (Å²) in [5.74, 6) is -1.74. The molecule has 114 valence electrons. The second-order valence-corrected chi connectivity index (χ2v) is 5.15. The maximum atomic E-state index is 13.4. The highest BCUT2D eigenvalue weighted by Crippen LogP contribution is 2.20. The van der Waals surface area contributed by atoms with E-state index in [-0.39, 0.29) is 11.3 Å². The van der Waals surface area contributed by atoms with Crippen LogP contribution >= 0.6 is 11.8 Å². The SMILES string of the molecule is O=C(CSc1ccccc1F)NNC(=O)c1ccc[nH]c1=O. The zero-order chi connectivity index (χ0) is 15.9. The summed E-state index contributed by atoms with van der Waals surface area (Å²) in [5.41, 5.74) is 3.61. The monoisotopic (exact) mass is 321 g/mol. The van der Waals surface area contributed by atoms with Gasteiger partial charge < -0.3 is 4.98 Å². The van der Waals surface area contributed by atoms with Gasteiger partial charge in [-0.3, -0.25) is 25.2 Å². The van der Waals surface area contributed by atoms with Crippen molar-refractivity contribution in [2.45, 2.75) is 4.90 Å². The van der Waals surface area contributed by atoms with Crippen LogP contribution in [0.4, 0.5) is 4.39 Å². The number of pyridine rings is 1. The van der Waals surface area contributed by atoms with Gasteiger partial charge in [-0.15, -0.1) is 11.8 Å². The fourth-order valence-electron chi connectivity index (χ4n) is 1.54. The molecule has 8 heteroatoms. The molecule has 0 saturated carbocycles. The molecular weight excluding hydrogens is 309 g/mol. The van der Waals surface area contributed by atoms with Crippen molar-refractivity contribution in [3.05, 3.63) is 64.3 Å². The van der Waals surface area contributed by atoms with Crippen LogP contribution in [0.3, 0.4) is 0 Å². The van der Waals surface area contributed by atoms with E-state index in [4.69, 9.17) is 0 Å². The molecule has 2 aromatic rings. The molecule has 0 aliphatic carbocycles. The molecule has 0 bridgehead atoms. The summed E-state index contributed by atoms with van der Waals surface area (Å²) < 4.78 is 13.4. The van der Waals surface area contributed by atoms with Gasteiger partial charge in [0.05, 0.1) is 5.75 Å². The van der Waals surface area contributed by atoms with Gasteiger partial charge >= 0.3 is 0 Å². The molecule has 0 atom stereocenters. The number of hydrogen-bond donors (Lipinski definition) is 3. The Balaban J connectivity index is 1.83. The number of carbonyl (C=O) groups is 2. The molecule has 0 radical (unpaired) electrons. The summed E-state index contributed by atoms with van der Waals surface area (Å²) in [6, 6.07) is 8.88. The average Bonchev–Trinajstić information content (AvgIpc) is 2.52. The summed E-state index contributed by atoms with van der Waals surface area (Å²) in [5, 5.41) is 0. The van der Waals surface area contributed by atoms with Crippen molar-refractivity contribution in [1.29, 1.82) is 0 Å². The van der Waals surface area contributed by atoms with Crippen LogP contribution < -0.4 is 16.4 Å². The molecule has 0 aliphatic heterocycles. The van der Waals surface area contributed by atoms with E-state index in [0.717, 1.165) is 11.8 Å². The molecule has 0 fully saturated rings. The lowest BCUT2D eigenvalue weighted by molar-refractivity contribution is -0.119. The number of H-pyrrole nitrogens is 1. The molecular formula is C14H12FN3O3S. The zero-order valence-corrected chi connectivity index (χ0v) is 12.1. The summed E-state index contributed by atoms with van der Waals surface area (Å²) >= 11 is 1.000. The van der Waals surface area contributed by atoms with Crippen molar-refractivity contribution in [3.8, 4) is 0 Å². The van der Waals surface area contributed by atoms with Gasteiger partial charge in [0.25, 0.3) is 11.5 Å². The van der Waals surface area contributed by atoms with E-state index in [0.29, 0.717) is 4.90 Å². The highest BCUT2D eigenvalue weighted by molar-refractivity contribution is 8.00. The minimum absolute atomic E-state index is 0.0770. The van der Waals surface area contributed by atoms with Crippen LogP contribution in [0, 0.1) is 5.82 Å². The number of benzene rings is 1. The predicted octanol–water partition coefficient (Wildman–Crippen LogP) is 1.07. The van der Waals surface area contributed by atoms with Gasteiger partial charge in [0.15, 0.2) is 0 Å². The van der Waals surface area contributed by atoms with E-state index in [1.807, 2.05) is 0 Å². The van der Waals surface area contributed by atoms with Crippen LogP contribution in [-0.2, 0) is 4.79 Å². The van der Waals surface area contributed by atoms with Crippen LogP contribution in [0.15, 0.2) is 52.3 Å². The molecule has 0 saturated heterocycles. The molecule has 22 heavy (non-hydrogen) atoms. The van der Waals surface area contributed by atoms with Crippen LogP contribution in [-0.4, -0.2) is 22.6 Å². The van der Waals surface area contributed by atoms with Gasteiger partial charge in [-0.1, -0.05) is 12.1 Å². The van der Waals surface area contributed by atoms with Crippen molar-refractivity contribution < 1.29 is 14.0 Å². The van der Waals surface area contributed by atoms with Gasteiger partial charge in [-0.25, -0.2) is 4.39 Å². The number of rotatable bonds is 4. The third-order valence-corrected chi connectivity index (χ3v) is 3.62. The lowest BCUT2D eigenvalue weighted by Gasteiger charge is -2.07. The third kappa shape index (κ3) is 4.19. The maximum absolute atomic E-state index is 13.4. The van der Waals surface area contributed by atoms with E-state index in [1.54, 1.807) is 18.2 Å². The molecule has 6 nitrogen and oxygen atoms in total. The van der Waals surface area contributed by atoms with Crippen LogP contribution in [0.5, 0.6) is 0 Å². The molecule has 1 heterocycles. The fourth-order valence-corrected chi connectivity index (χ4v) is 2.27. The van der Waals surface area contributed by atoms with E-state index in [2.05, 4.69) is 15.8 Å². The number of nitrogens with one attached hydrogen (secondary N) is 3. The van der Waals surface area contributed by atoms with Crippen molar-refractivity contribution in [2.75, 3.05) is 5.75 Å². The first-order chi connectivity index (χ1) is 10.6. The first-order valence-electron chi connectivity index (χ1n) is 6.22. The largest absolute Gasteiger partial charge is 0.328 e. The topological polar surface area (TPSA) is 91.1 Å². The van der Waals surface area contributed by atoms with Gasteiger partial charge in [0.1, 0.15) is 11.4 Å². The lowest BCUT2D eigenvalue weighted by atomic mass is 10.3. The summed E-state index contributed by atoms with van der Waals surface area (Å²) in [6.45, 7) is 0. The Morgan fingerprint density at radius 2 is 1.91 bits per heavy atom. The van der Waals surface area contributed by atoms with Gasteiger partial charge in [-0.2, -0.15) is 0 Å². The second-order valence-electron chi connectivity index (χ2n) is 4.13. The normalized spacial score (nSPS) is 10.0. The first kappa shape index (κ1) is 15.8. The first-order valence-corrected chi connectivity index (χ1v) is 7.20. The van der Waals surface area contributed by atoms with Gasteiger partial charge in [0.2, 0.25) is 5.91 Å². The molecule has 2 amide bonds. The van der Waals surface area contributed by atoms with Crippen molar-refractivity contribution in [2.24, 2.45) is 0 Å². The van der Waals surface area contributed by atoms with Crippen LogP contribution in [0.1, 0.15) is 10.4 Å². The van der Waals surface area contributed by atoms with Crippen molar-refractivity contribution in [1.82, 2.24) is 15.8 Å². The van der Waals surface area contributed by atoms with Crippen molar-refractivity contribution >= 4 is 23.6 Å². The summed E-state index contributed by atoms with van der Waals surface area (Å²) in [4.78, 5) is 37.3. The minimum Gasteiger partial charge on any atom is -0.328 e. The Hall–Kier alpha value is -2.61. The Labute approximate surface area is 129 Å². The average molecular weight is 321 g/mol. The predicted molar refractivity (Wildman–Crippen MR) is 79.8 cm³/mol. The quantitative estimate of drug-likeness (QED) is 0.580. The van der Waals surface area contributed by atoms with Crippen LogP contribution in [0.25, 0.3) is 0 Å².